The fourth-order valence-electron chi connectivity index (χ4n) is 5.97. The standard InChI is InChI=1S/C32H32NO/c1-18(2)16-26-24-12-8-7-11-23(24)20(5)28-31-30-25(14-15-33(31)6)29-21(17-27(30)34-32(26)28)10-9-13-22(29)19(3)4/h7-15,17-19H,16H2,1-6H3/q+1. The zero-order valence-corrected chi connectivity index (χ0v) is 21.0. The average Bonchev–Trinajstić information content (AvgIpc) is 2.82. The van der Waals surface area contributed by atoms with Crippen molar-refractivity contribution in [3.63, 3.8) is 0 Å². The van der Waals surface area contributed by atoms with Crippen LogP contribution in [0.3, 0.4) is 0 Å². The molecule has 0 spiro atoms. The van der Waals surface area contributed by atoms with E-state index in [0.717, 1.165) is 17.9 Å². The van der Waals surface area contributed by atoms with Crippen LogP contribution >= 0.6 is 0 Å². The van der Waals surface area contributed by atoms with E-state index in [9.17, 15) is 0 Å². The second-order valence-electron chi connectivity index (χ2n) is 10.6. The van der Waals surface area contributed by atoms with Crippen molar-refractivity contribution in [1.82, 2.24) is 0 Å². The summed E-state index contributed by atoms with van der Waals surface area (Å²) in [5.74, 6) is 3.01. The van der Waals surface area contributed by atoms with Gasteiger partial charge in [-0.3, -0.25) is 0 Å². The minimum absolute atomic E-state index is 0.453. The number of rotatable bonds is 3. The molecule has 2 nitrogen and oxygen atoms in total. The van der Waals surface area contributed by atoms with Crippen molar-refractivity contribution in [2.24, 2.45) is 13.0 Å². The molecule has 2 heterocycles. The van der Waals surface area contributed by atoms with Gasteiger partial charge in [0, 0.05) is 17.0 Å². The van der Waals surface area contributed by atoms with E-state index in [1.54, 1.807) is 0 Å². The molecule has 0 unspecified atom stereocenters. The Labute approximate surface area is 201 Å². The molecule has 0 radical (unpaired) electrons. The lowest BCUT2D eigenvalue weighted by atomic mass is 9.85. The number of fused-ring (bicyclic) bond motifs is 5. The molecule has 2 heteroatoms. The Kier molecular flexibility index (Phi) is 4.71. The summed E-state index contributed by atoms with van der Waals surface area (Å²) in [7, 11) is 2.17. The average molecular weight is 447 g/mol. The molecule has 0 amide bonds. The molecule has 1 aromatic heterocycles. The molecular formula is C32H32NO+. The zero-order valence-electron chi connectivity index (χ0n) is 21.0. The van der Waals surface area contributed by atoms with E-state index in [-0.39, 0.29) is 0 Å². The quantitative estimate of drug-likeness (QED) is 0.196. The van der Waals surface area contributed by atoms with Gasteiger partial charge in [0.1, 0.15) is 18.5 Å². The van der Waals surface area contributed by atoms with Crippen molar-refractivity contribution >= 4 is 32.3 Å². The first-order valence-electron chi connectivity index (χ1n) is 12.5. The Balaban J connectivity index is 1.82. The zero-order chi connectivity index (χ0) is 23.7. The summed E-state index contributed by atoms with van der Waals surface area (Å²) < 4.78 is 9.21. The Morgan fingerprint density at radius 3 is 2.35 bits per heavy atom. The predicted molar refractivity (Wildman–Crippen MR) is 143 cm³/mol. The van der Waals surface area contributed by atoms with Crippen LogP contribution in [0.4, 0.5) is 0 Å². The third-order valence-corrected chi connectivity index (χ3v) is 7.47. The van der Waals surface area contributed by atoms with E-state index < -0.39 is 0 Å². The number of ether oxygens (including phenoxy) is 1. The summed E-state index contributed by atoms with van der Waals surface area (Å²) in [4.78, 5) is 0. The molecule has 0 fully saturated rings. The van der Waals surface area contributed by atoms with Crippen LogP contribution < -0.4 is 9.30 Å². The Morgan fingerprint density at radius 2 is 1.62 bits per heavy atom. The summed E-state index contributed by atoms with van der Waals surface area (Å²) >= 11 is 0. The molecule has 0 saturated carbocycles. The lowest BCUT2D eigenvalue weighted by Gasteiger charge is -2.26. The summed E-state index contributed by atoms with van der Waals surface area (Å²) in [6, 6.07) is 20.0. The molecule has 5 aromatic rings. The van der Waals surface area contributed by atoms with Gasteiger partial charge in [-0.05, 0) is 63.9 Å². The van der Waals surface area contributed by atoms with Crippen molar-refractivity contribution < 1.29 is 9.30 Å². The highest BCUT2D eigenvalue weighted by Crippen LogP contribution is 2.52. The molecule has 1 aliphatic heterocycles. The number of benzene rings is 4. The smallest absolute Gasteiger partial charge is 0.228 e. The van der Waals surface area contributed by atoms with Crippen LogP contribution in [0.5, 0.6) is 11.5 Å². The van der Waals surface area contributed by atoms with Crippen molar-refractivity contribution in [1.29, 1.82) is 0 Å². The number of hydrogen-bond acceptors (Lipinski definition) is 1. The van der Waals surface area contributed by atoms with E-state index in [1.807, 2.05) is 0 Å². The molecule has 6 rings (SSSR count). The van der Waals surface area contributed by atoms with Gasteiger partial charge in [-0.15, -0.1) is 0 Å². The highest BCUT2D eigenvalue weighted by atomic mass is 16.5. The van der Waals surface area contributed by atoms with Crippen LogP contribution in [0.2, 0.25) is 0 Å². The largest absolute Gasteiger partial charge is 0.455 e. The highest BCUT2D eigenvalue weighted by Gasteiger charge is 2.33. The molecule has 4 aromatic carbocycles. The van der Waals surface area contributed by atoms with Crippen LogP contribution in [0.15, 0.2) is 60.8 Å². The molecule has 0 bridgehead atoms. The van der Waals surface area contributed by atoms with Gasteiger partial charge in [0.25, 0.3) is 0 Å². The van der Waals surface area contributed by atoms with E-state index >= 15 is 0 Å². The van der Waals surface area contributed by atoms with E-state index in [1.165, 1.54) is 60.3 Å². The molecule has 170 valence electrons. The number of pyridine rings is 1. The van der Waals surface area contributed by atoms with Gasteiger partial charge in [-0.1, -0.05) is 70.2 Å². The molecular weight excluding hydrogens is 414 g/mol. The van der Waals surface area contributed by atoms with Gasteiger partial charge in [0.05, 0.1) is 10.9 Å². The lowest BCUT2D eigenvalue weighted by Crippen LogP contribution is -2.32. The van der Waals surface area contributed by atoms with E-state index in [4.69, 9.17) is 4.74 Å². The van der Waals surface area contributed by atoms with Crippen LogP contribution in [0.25, 0.3) is 43.6 Å². The second-order valence-corrected chi connectivity index (χ2v) is 10.6. The van der Waals surface area contributed by atoms with Crippen LogP contribution in [0.1, 0.15) is 50.3 Å². The SMILES string of the molecule is Cc1c2c(c(CC(C)C)c3ccccc13)Oc1cc3cccc(C(C)C)c3c3cc[n+](C)c-2c13. The van der Waals surface area contributed by atoms with Crippen molar-refractivity contribution in [2.75, 3.05) is 0 Å². The van der Waals surface area contributed by atoms with Gasteiger partial charge in [0.2, 0.25) is 5.69 Å². The number of aryl methyl sites for hydroxylation is 2. The van der Waals surface area contributed by atoms with Crippen LogP contribution in [-0.2, 0) is 13.5 Å². The Morgan fingerprint density at radius 1 is 0.853 bits per heavy atom. The van der Waals surface area contributed by atoms with Gasteiger partial charge in [-0.25, -0.2) is 4.57 Å². The fraction of sp³-hybridized carbons (Fsp3) is 0.281. The van der Waals surface area contributed by atoms with Gasteiger partial charge in [0.15, 0.2) is 6.20 Å². The molecule has 0 saturated heterocycles. The third kappa shape index (κ3) is 2.91. The first kappa shape index (κ1) is 21.2. The summed E-state index contributed by atoms with van der Waals surface area (Å²) in [6.07, 6.45) is 3.22. The molecule has 0 aliphatic carbocycles. The fourth-order valence-corrected chi connectivity index (χ4v) is 5.97. The molecule has 0 atom stereocenters. The maximum absolute atomic E-state index is 6.92. The van der Waals surface area contributed by atoms with Crippen LogP contribution in [-0.4, -0.2) is 0 Å². The minimum atomic E-state index is 0.453. The van der Waals surface area contributed by atoms with Gasteiger partial charge in [-0.2, -0.15) is 0 Å². The maximum Gasteiger partial charge on any atom is 0.228 e. The molecule has 0 N–H and O–H groups in total. The second kappa shape index (κ2) is 7.56. The summed E-state index contributed by atoms with van der Waals surface area (Å²) in [5.41, 5.74) is 6.53. The monoisotopic (exact) mass is 446 g/mol. The highest BCUT2D eigenvalue weighted by molar-refractivity contribution is 6.17. The number of nitrogens with zero attached hydrogens (tertiary/aromatic N) is 1. The first-order valence-corrected chi connectivity index (χ1v) is 12.5. The van der Waals surface area contributed by atoms with Crippen molar-refractivity contribution in [2.45, 2.75) is 47.0 Å². The topological polar surface area (TPSA) is 13.1 Å². The van der Waals surface area contributed by atoms with Crippen molar-refractivity contribution in [3.8, 4) is 22.8 Å². The van der Waals surface area contributed by atoms with E-state index in [0.29, 0.717) is 11.8 Å². The molecule has 34 heavy (non-hydrogen) atoms. The number of aromatic nitrogens is 1. The molecule has 1 aliphatic rings. The minimum Gasteiger partial charge on any atom is -0.455 e. The summed E-state index contributed by atoms with van der Waals surface area (Å²) in [6.45, 7) is 11.4. The first-order chi connectivity index (χ1) is 16.4. The van der Waals surface area contributed by atoms with Gasteiger partial charge >= 0.3 is 0 Å². The van der Waals surface area contributed by atoms with Crippen LogP contribution in [0, 0.1) is 12.8 Å². The normalized spacial score (nSPS) is 12.7. The number of hydrogen-bond donors (Lipinski definition) is 0. The third-order valence-electron chi connectivity index (χ3n) is 7.47. The summed E-state index contributed by atoms with van der Waals surface area (Å²) in [5, 5.41) is 7.75. The lowest BCUT2D eigenvalue weighted by molar-refractivity contribution is -0.659. The maximum atomic E-state index is 6.92. The predicted octanol–water partition coefficient (Wildman–Crippen LogP) is 8.37. The van der Waals surface area contributed by atoms with Gasteiger partial charge < -0.3 is 4.74 Å². The Hall–Kier alpha value is -3.39. The van der Waals surface area contributed by atoms with E-state index in [2.05, 4.69) is 107 Å². The Bertz CT molecular complexity index is 1620. The van der Waals surface area contributed by atoms with Crippen molar-refractivity contribution in [3.05, 3.63) is 77.5 Å².